The summed E-state index contributed by atoms with van der Waals surface area (Å²) in [5.41, 5.74) is 0.363. The lowest BCUT2D eigenvalue weighted by atomic mass is 9.79. The summed E-state index contributed by atoms with van der Waals surface area (Å²) in [4.78, 5) is 12.5. The van der Waals surface area contributed by atoms with Crippen LogP contribution in [0, 0.1) is 5.92 Å². The summed E-state index contributed by atoms with van der Waals surface area (Å²) in [6.07, 6.45) is 20.0. The van der Waals surface area contributed by atoms with Crippen molar-refractivity contribution in [3.8, 4) is 11.3 Å². The molecule has 298 valence electrons. The Bertz CT molecular complexity index is 1400. The molecule has 2 aliphatic carbocycles. The molecule has 4 fully saturated rings. The van der Waals surface area contributed by atoms with Crippen molar-refractivity contribution < 1.29 is 32.0 Å². The molecule has 0 amide bonds. The topological polar surface area (TPSA) is 73.6 Å². The van der Waals surface area contributed by atoms with E-state index in [0.29, 0.717) is 27.7 Å². The van der Waals surface area contributed by atoms with Gasteiger partial charge in [0.1, 0.15) is 11.5 Å². The van der Waals surface area contributed by atoms with E-state index in [-0.39, 0.29) is 37.3 Å². The molecule has 2 saturated carbocycles. The first-order chi connectivity index (χ1) is 25.6. The molecule has 0 spiro atoms. The molecule has 2 bridgehead atoms. The highest BCUT2D eigenvalue weighted by molar-refractivity contribution is 6.39. The molecule has 1 N–H and O–H groups in total. The first kappa shape index (κ1) is 42.3. The van der Waals surface area contributed by atoms with Crippen LogP contribution >= 0.6 is 23.2 Å². The van der Waals surface area contributed by atoms with Gasteiger partial charge in [0, 0.05) is 41.8 Å². The zero-order valence-electron chi connectivity index (χ0n) is 31.7. The van der Waals surface area contributed by atoms with Crippen LogP contribution in [0.4, 0.5) is 13.2 Å². The summed E-state index contributed by atoms with van der Waals surface area (Å²) >= 11 is 13.3. The summed E-state index contributed by atoms with van der Waals surface area (Å²) in [5.74, 6) is -1.20. The van der Waals surface area contributed by atoms with Gasteiger partial charge in [0.25, 0.3) is 0 Å². The van der Waals surface area contributed by atoms with Crippen LogP contribution in [0.5, 0.6) is 0 Å². The van der Waals surface area contributed by atoms with Gasteiger partial charge in [-0.15, -0.1) is 0 Å². The molecule has 4 aliphatic rings. The van der Waals surface area contributed by atoms with Gasteiger partial charge < -0.3 is 14.0 Å². The van der Waals surface area contributed by atoms with Crippen molar-refractivity contribution in [2.75, 3.05) is 0 Å². The minimum atomic E-state index is -5.10. The van der Waals surface area contributed by atoms with Gasteiger partial charge in [-0.3, -0.25) is 5.32 Å². The van der Waals surface area contributed by atoms with E-state index in [1.807, 2.05) is 6.92 Å². The van der Waals surface area contributed by atoms with E-state index in [1.165, 1.54) is 83.5 Å². The van der Waals surface area contributed by atoms with Crippen LogP contribution in [0.25, 0.3) is 11.3 Å². The normalized spacial score (nSPS) is 27.1. The molecule has 2 aromatic rings. The number of hydrogen-bond acceptors (Lipinski definition) is 6. The molecule has 4 atom stereocenters. The van der Waals surface area contributed by atoms with Crippen LogP contribution in [0.2, 0.25) is 10.0 Å². The number of alkyl halides is 3. The number of piperidine rings is 1. The lowest BCUT2D eigenvalue weighted by molar-refractivity contribution is -0.229. The van der Waals surface area contributed by atoms with Crippen molar-refractivity contribution >= 4 is 29.2 Å². The monoisotopic (exact) mass is 784 g/mol. The third kappa shape index (κ3) is 12.9. The molecule has 53 heavy (non-hydrogen) atoms. The third-order valence-corrected chi connectivity index (χ3v) is 12.3. The molecular weight excluding hydrogens is 724 g/mol. The molecule has 1 aromatic heterocycles. The molecule has 0 radical (unpaired) electrons. The predicted octanol–water partition coefficient (Wildman–Crippen LogP) is 13.4. The molecule has 6 rings (SSSR count). The second-order valence-corrected chi connectivity index (χ2v) is 16.8. The lowest BCUT2D eigenvalue weighted by Gasteiger charge is -2.48. The Kier molecular flexibility index (Phi) is 16.7. The highest BCUT2D eigenvalue weighted by atomic mass is 35.5. The van der Waals surface area contributed by atoms with Crippen molar-refractivity contribution in [3.05, 3.63) is 39.6 Å². The predicted molar refractivity (Wildman–Crippen MR) is 205 cm³/mol. The maximum Gasteiger partial charge on any atom is 0.490 e. The minimum Gasteiger partial charge on any atom is -0.437 e. The highest BCUT2D eigenvalue weighted by Gasteiger charge is 2.51. The maximum atomic E-state index is 13.8. The van der Waals surface area contributed by atoms with Crippen LogP contribution in [0.15, 0.2) is 22.7 Å². The number of rotatable bonds is 6. The van der Waals surface area contributed by atoms with Gasteiger partial charge in [0.2, 0.25) is 0 Å². The number of ether oxygens (including phenoxy) is 2. The SMILES string of the molecule is CC1NC2(OC(=O)C(F)(F)F)CCCCCCCCCCCCCCCCCCCCCC1C(OCc1c(-c3c(Cl)cccc3Cl)noc1C1CC1)C2. The van der Waals surface area contributed by atoms with Crippen molar-refractivity contribution in [1.82, 2.24) is 10.5 Å². The molecular formula is C42H61Cl2F3N2O4. The summed E-state index contributed by atoms with van der Waals surface area (Å²) < 4.78 is 59.5. The summed E-state index contributed by atoms with van der Waals surface area (Å²) in [6, 6.07) is 5.04. The third-order valence-electron chi connectivity index (χ3n) is 11.7. The second kappa shape index (κ2) is 20.9. The van der Waals surface area contributed by atoms with Crippen LogP contribution in [0.3, 0.4) is 0 Å². The van der Waals surface area contributed by atoms with Crippen molar-refractivity contribution in [2.45, 2.75) is 198 Å². The maximum absolute atomic E-state index is 13.8. The molecule has 3 heterocycles. The molecule has 2 aliphatic heterocycles. The fourth-order valence-electron chi connectivity index (χ4n) is 8.56. The largest absolute Gasteiger partial charge is 0.490 e. The average Bonchev–Trinajstić information content (AvgIpc) is 3.87. The summed E-state index contributed by atoms with van der Waals surface area (Å²) in [6.45, 7) is 2.12. The molecule has 4 unspecified atom stereocenters. The number of carbonyl (C=O) groups excluding carboxylic acids is 1. The fourth-order valence-corrected chi connectivity index (χ4v) is 9.14. The number of carbonyl (C=O) groups is 1. The van der Waals surface area contributed by atoms with Gasteiger partial charge in [-0.2, -0.15) is 13.2 Å². The minimum absolute atomic E-state index is 0.00113. The van der Waals surface area contributed by atoms with E-state index in [1.54, 1.807) is 18.2 Å². The highest BCUT2D eigenvalue weighted by Crippen LogP contribution is 2.47. The van der Waals surface area contributed by atoms with Crippen LogP contribution in [-0.4, -0.2) is 35.2 Å². The quantitative estimate of drug-likeness (QED) is 0.294. The Morgan fingerprint density at radius 2 is 1.34 bits per heavy atom. The first-order valence-electron chi connectivity index (χ1n) is 20.7. The van der Waals surface area contributed by atoms with Crippen molar-refractivity contribution in [1.29, 1.82) is 0 Å². The average molecular weight is 786 g/mol. The van der Waals surface area contributed by atoms with Crippen LogP contribution < -0.4 is 5.32 Å². The van der Waals surface area contributed by atoms with Crippen LogP contribution in [0.1, 0.15) is 178 Å². The number of nitrogens with zero attached hydrogens (tertiary/aromatic N) is 1. The van der Waals surface area contributed by atoms with Gasteiger partial charge in [-0.25, -0.2) is 4.79 Å². The van der Waals surface area contributed by atoms with Crippen molar-refractivity contribution in [2.24, 2.45) is 5.92 Å². The number of fused-ring (bicyclic) bond motifs is 22. The molecule has 6 nitrogen and oxygen atoms in total. The van der Waals surface area contributed by atoms with Gasteiger partial charge in [-0.05, 0) is 44.7 Å². The Hall–Kier alpha value is -1.81. The number of benzene rings is 1. The van der Waals surface area contributed by atoms with E-state index < -0.39 is 24.0 Å². The van der Waals surface area contributed by atoms with Gasteiger partial charge in [0.05, 0.1) is 22.8 Å². The van der Waals surface area contributed by atoms with E-state index in [0.717, 1.165) is 62.7 Å². The van der Waals surface area contributed by atoms with E-state index in [9.17, 15) is 18.0 Å². The summed E-state index contributed by atoms with van der Waals surface area (Å²) in [7, 11) is 0. The van der Waals surface area contributed by atoms with E-state index >= 15 is 0 Å². The number of aromatic nitrogens is 1. The Labute approximate surface area is 325 Å². The van der Waals surface area contributed by atoms with Gasteiger partial charge in [0.15, 0.2) is 5.72 Å². The number of hydrogen-bond donors (Lipinski definition) is 1. The molecule has 1 aromatic carbocycles. The van der Waals surface area contributed by atoms with Gasteiger partial charge in [-0.1, -0.05) is 150 Å². The second-order valence-electron chi connectivity index (χ2n) is 16.0. The van der Waals surface area contributed by atoms with E-state index in [4.69, 9.17) is 37.2 Å². The first-order valence-corrected chi connectivity index (χ1v) is 21.5. The summed E-state index contributed by atoms with van der Waals surface area (Å²) in [5, 5.41) is 8.72. The number of halogens is 5. The van der Waals surface area contributed by atoms with E-state index in [2.05, 4.69) is 10.5 Å². The molecule has 11 heteroatoms. The standard InChI is InChI=1S/C42H61Cl2F3N2O4/c1-30-32-22-19-17-15-13-11-9-7-5-3-2-4-6-8-10-12-14-16-18-20-27-41(48-30,52-40(50)42(45,46)47)28-36(32)51-29-33-38(49-53-39(33)31-25-26-31)37-34(43)23-21-24-35(37)44/h21,23-24,30-32,36,48H,2-20,22,25-29H2,1H3. The zero-order chi connectivity index (χ0) is 37.7. The lowest BCUT2D eigenvalue weighted by Crippen LogP contribution is -2.63. The Balaban J connectivity index is 1.36. The van der Waals surface area contributed by atoms with Crippen LogP contribution in [-0.2, 0) is 20.9 Å². The molecule has 2 saturated heterocycles. The fraction of sp³-hybridized carbons (Fsp3) is 0.762. The Morgan fingerprint density at radius 3 is 1.85 bits per heavy atom. The number of esters is 1. The number of nitrogens with one attached hydrogen (secondary N) is 1. The van der Waals surface area contributed by atoms with Gasteiger partial charge >= 0.3 is 12.1 Å². The smallest absolute Gasteiger partial charge is 0.437 e. The Morgan fingerprint density at radius 1 is 0.830 bits per heavy atom. The zero-order valence-corrected chi connectivity index (χ0v) is 33.2. The van der Waals surface area contributed by atoms with Crippen molar-refractivity contribution in [3.63, 3.8) is 0 Å².